The van der Waals surface area contributed by atoms with Gasteiger partial charge in [0.05, 0.1) is 39.6 Å². The molecular formula is C39H38Cl2FN5O4. The lowest BCUT2D eigenvalue weighted by Crippen LogP contribution is -2.42. The summed E-state index contributed by atoms with van der Waals surface area (Å²) in [4.78, 5) is 28.5. The number of aromatic nitrogens is 4. The second-order valence-electron chi connectivity index (χ2n) is 13.6. The summed E-state index contributed by atoms with van der Waals surface area (Å²) in [6.07, 6.45) is 2.91. The predicted molar refractivity (Wildman–Crippen MR) is 200 cm³/mol. The molecule has 264 valence electrons. The molecule has 4 heterocycles. The van der Waals surface area contributed by atoms with Crippen molar-refractivity contribution in [1.29, 1.82) is 0 Å². The Balaban J connectivity index is 1.38. The molecule has 51 heavy (non-hydrogen) atoms. The number of aryl methyl sites for hydroxylation is 6. The number of halogens is 3. The molecule has 3 aromatic carbocycles. The Bertz CT molecular complexity index is 2420. The average Bonchev–Trinajstić information content (AvgIpc) is 3.67. The van der Waals surface area contributed by atoms with Crippen molar-refractivity contribution >= 4 is 62.6 Å². The number of carboxylic acid groups (broad SMARTS) is 1. The fourth-order valence-electron chi connectivity index (χ4n) is 7.70. The minimum Gasteiger partial charge on any atom is -0.494 e. The van der Waals surface area contributed by atoms with Crippen LogP contribution in [0.2, 0.25) is 10.0 Å². The number of ether oxygens (including phenoxy) is 1. The van der Waals surface area contributed by atoms with Crippen LogP contribution in [0.4, 0.5) is 10.1 Å². The quantitative estimate of drug-likeness (QED) is 0.158. The first-order valence-electron chi connectivity index (χ1n) is 16.8. The van der Waals surface area contributed by atoms with E-state index >= 15 is 0 Å². The first kappa shape index (κ1) is 34.6. The van der Waals surface area contributed by atoms with Crippen LogP contribution in [-0.4, -0.2) is 49.0 Å². The molecule has 1 amide bonds. The molecule has 0 saturated carbocycles. The maximum atomic E-state index is 14.9. The first-order valence-corrected chi connectivity index (χ1v) is 17.5. The third kappa shape index (κ3) is 5.56. The van der Waals surface area contributed by atoms with E-state index in [1.54, 1.807) is 22.7 Å². The van der Waals surface area contributed by atoms with E-state index in [1.165, 1.54) is 12.1 Å². The SMILES string of the molecule is Cc1cc(OCCCc2c3n(c4c(-c5c(C)nn(C)c5C)c(Cl)ccc24)C(C)CN(c2cn(C)c4cc(F)c(C(=O)O)cc24)C3=O)cc(C)c1Cl. The summed E-state index contributed by atoms with van der Waals surface area (Å²) in [7, 11) is 3.65. The molecule has 12 heteroatoms. The zero-order valence-corrected chi connectivity index (χ0v) is 31.0. The number of anilines is 1. The molecule has 0 fully saturated rings. The van der Waals surface area contributed by atoms with E-state index in [9.17, 15) is 19.1 Å². The summed E-state index contributed by atoms with van der Waals surface area (Å²) in [6.45, 7) is 10.6. The number of hydrogen-bond donors (Lipinski definition) is 1. The van der Waals surface area contributed by atoms with Gasteiger partial charge in [-0.25, -0.2) is 9.18 Å². The highest BCUT2D eigenvalue weighted by atomic mass is 35.5. The number of fused-ring (bicyclic) bond motifs is 4. The number of carbonyl (C=O) groups is 2. The smallest absolute Gasteiger partial charge is 0.338 e. The summed E-state index contributed by atoms with van der Waals surface area (Å²) in [5.74, 6) is -1.71. The van der Waals surface area contributed by atoms with E-state index in [-0.39, 0.29) is 11.9 Å². The van der Waals surface area contributed by atoms with Crippen molar-refractivity contribution < 1.29 is 23.8 Å². The number of aromatic carboxylic acids is 1. The largest absolute Gasteiger partial charge is 0.494 e. The summed E-state index contributed by atoms with van der Waals surface area (Å²) < 4.78 is 26.6. The van der Waals surface area contributed by atoms with Crippen LogP contribution >= 0.6 is 23.2 Å². The summed E-state index contributed by atoms with van der Waals surface area (Å²) in [5, 5.41) is 17.1. The Morgan fingerprint density at radius 3 is 2.39 bits per heavy atom. The van der Waals surface area contributed by atoms with Gasteiger partial charge in [0, 0.05) is 65.5 Å². The number of benzene rings is 3. The molecule has 1 aliphatic heterocycles. The Morgan fingerprint density at radius 2 is 1.75 bits per heavy atom. The lowest BCUT2D eigenvalue weighted by Gasteiger charge is -2.34. The van der Waals surface area contributed by atoms with Crippen molar-refractivity contribution in [2.45, 2.75) is 53.5 Å². The molecule has 7 rings (SSSR count). The second-order valence-corrected chi connectivity index (χ2v) is 14.3. The van der Waals surface area contributed by atoms with Crippen LogP contribution in [0.1, 0.15) is 68.3 Å². The van der Waals surface area contributed by atoms with Crippen molar-refractivity contribution in [2.24, 2.45) is 14.1 Å². The number of carbonyl (C=O) groups excluding carboxylic acids is 1. The van der Waals surface area contributed by atoms with Crippen molar-refractivity contribution in [1.82, 2.24) is 18.9 Å². The molecule has 0 spiro atoms. The molecule has 6 aromatic rings. The van der Waals surface area contributed by atoms with Gasteiger partial charge in [0.15, 0.2) is 0 Å². The van der Waals surface area contributed by atoms with Crippen molar-refractivity contribution in [3.63, 3.8) is 0 Å². The van der Waals surface area contributed by atoms with Gasteiger partial charge in [-0.15, -0.1) is 0 Å². The number of amides is 1. The van der Waals surface area contributed by atoms with E-state index in [0.29, 0.717) is 53.3 Å². The Labute approximate surface area is 304 Å². The third-order valence-electron chi connectivity index (χ3n) is 10.1. The molecule has 3 aromatic heterocycles. The minimum absolute atomic E-state index is 0.214. The zero-order chi connectivity index (χ0) is 36.6. The van der Waals surface area contributed by atoms with E-state index in [1.807, 2.05) is 63.7 Å². The Morgan fingerprint density at radius 1 is 1.04 bits per heavy atom. The van der Waals surface area contributed by atoms with Gasteiger partial charge >= 0.3 is 5.97 Å². The molecule has 0 aliphatic carbocycles. The third-order valence-corrected chi connectivity index (χ3v) is 11.1. The average molecular weight is 731 g/mol. The molecule has 1 unspecified atom stereocenters. The Hall–Kier alpha value is -4.80. The van der Waals surface area contributed by atoms with Gasteiger partial charge in [-0.1, -0.05) is 29.3 Å². The van der Waals surface area contributed by atoms with Crippen LogP contribution in [0.3, 0.4) is 0 Å². The van der Waals surface area contributed by atoms with Crippen LogP contribution in [0.25, 0.3) is 32.9 Å². The topological polar surface area (TPSA) is 94.5 Å². The van der Waals surface area contributed by atoms with Crippen LogP contribution in [0.5, 0.6) is 5.75 Å². The molecule has 0 bridgehead atoms. The standard InChI is InChI=1S/C39H38Cl2FN5O4/c1-19-13-24(14-20(2)35(19)41)51-12-8-9-25-26-10-11-29(40)34(33-22(4)43-45(7)23(33)5)36(26)47-21(3)17-46(38(48)37(25)47)32-18-44(6)31-16-30(42)27(39(49)50)15-28(31)32/h10-11,13-16,18,21H,8-9,12,17H2,1-7H3,(H,49,50). The first-order chi connectivity index (χ1) is 24.2. The van der Waals surface area contributed by atoms with Crippen molar-refractivity contribution in [3.8, 4) is 16.9 Å². The molecule has 1 N–H and O–H groups in total. The molecule has 1 atom stereocenters. The van der Waals surface area contributed by atoms with E-state index in [4.69, 9.17) is 27.9 Å². The van der Waals surface area contributed by atoms with Crippen LogP contribution < -0.4 is 9.64 Å². The van der Waals surface area contributed by atoms with Gasteiger partial charge in [-0.05, 0) is 94.5 Å². The number of carboxylic acids is 1. The maximum absolute atomic E-state index is 14.9. The summed E-state index contributed by atoms with van der Waals surface area (Å²) >= 11 is 13.4. The van der Waals surface area contributed by atoms with Gasteiger partial charge in [-0.3, -0.25) is 9.48 Å². The molecule has 0 saturated heterocycles. The number of hydrogen-bond acceptors (Lipinski definition) is 4. The monoisotopic (exact) mass is 729 g/mol. The fraction of sp³-hybridized carbons (Fsp3) is 0.308. The van der Waals surface area contributed by atoms with Crippen molar-refractivity contribution in [2.75, 3.05) is 18.1 Å². The zero-order valence-electron chi connectivity index (χ0n) is 29.5. The number of rotatable bonds is 8. The molecule has 1 aliphatic rings. The van der Waals surface area contributed by atoms with Gasteiger partial charge in [-0.2, -0.15) is 5.10 Å². The molecule has 0 radical (unpaired) electrons. The minimum atomic E-state index is -1.37. The van der Waals surface area contributed by atoms with E-state index in [2.05, 4.69) is 16.6 Å². The van der Waals surface area contributed by atoms with Gasteiger partial charge in [0.25, 0.3) is 5.91 Å². The molecule has 9 nitrogen and oxygen atoms in total. The summed E-state index contributed by atoms with van der Waals surface area (Å²) in [5.41, 5.74) is 8.24. The predicted octanol–water partition coefficient (Wildman–Crippen LogP) is 9.14. The second kappa shape index (κ2) is 12.8. The van der Waals surface area contributed by atoms with Gasteiger partial charge in [0.1, 0.15) is 17.3 Å². The maximum Gasteiger partial charge on any atom is 0.338 e. The van der Waals surface area contributed by atoms with Gasteiger partial charge < -0.3 is 23.9 Å². The van der Waals surface area contributed by atoms with Gasteiger partial charge in [0.2, 0.25) is 0 Å². The lowest BCUT2D eigenvalue weighted by atomic mass is 9.98. The lowest BCUT2D eigenvalue weighted by molar-refractivity contribution is 0.0692. The highest BCUT2D eigenvalue weighted by Crippen LogP contribution is 2.46. The Kier molecular flexibility index (Phi) is 8.66. The normalized spacial score (nSPS) is 14.6. The van der Waals surface area contributed by atoms with Crippen molar-refractivity contribution in [3.05, 3.63) is 97.8 Å². The van der Waals surface area contributed by atoms with Crippen LogP contribution in [0, 0.1) is 33.5 Å². The highest BCUT2D eigenvalue weighted by Gasteiger charge is 2.38. The van der Waals surface area contributed by atoms with E-state index < -0.39 is 17.3 Å². The van der Waals surface area contributed by atoms with Crippen LogP contribution in [0.15, 0.2) is 42.6 Å². The fourth-order valence-corrected chi connectivity index (χ4v) is 8.05. The highest BCUT2D eigenvalue weighted by molar-refractivity contribution is 6.35. The van der Waals surface area contributed by atoms with Crippen LogP contribution in [-0.2, 0) is 20.5 Å². The van der Waals surface area contributed by atoms with E-state index in [0.717, 1.165) is 60.9 Å². The number of nitrogens with zero attached hydrogens (tertiary/aromatic N) is 5. The molecular weight excluding hydrogens is 692 g/mol. The summed E-state index contributed by atoms with van der Waals surface area (Å²) in [6, 6.07) is 10.0.